The van der Waals surface area contributed by atoms with Crippen molar-refractivity contribution in [3.63, 3.8) is 0 Å². The van der Waals surface area contributed by atoms with Crippen molar-refractivity contribution < 1.29 is 23.9 Å². The van der Waals surface area contributed by atoms with Crippen molar-refractivity contribution in [1.29, 1.82) is 0 Å². The fourth-order valence-corrected chi connectivity index (χ4v) is 5.24. The summed E-state index contributed by atoms with van der Waals surface area (Å²) < 4.78 is 10.6. The maximum atomic E-state index is 14.0. The van der Waals surface area contributed by atoms with Crippen LogP contribution < -0.4 is 5.32 Å². The smallest absolute Gasteiger partial charge is 0.408 e. The molecule has 2 aliphatic heterocycles. The monoisotopic (exact) mass is 452 g/mol. The lowest BCUT2D eigenvalue weighted by Gasteiger charge is -2.48. The van der Waals surface area contributed by atoms with Crippen LogP contribution in [-0.2, 0) is 25.5 Å². The van der Waals surface area contributed by atoms with Crippen LogP contribution >= 0.6 is 0 Å². The van der Waals surface area contributed by atoms with Crippen molar-refractivity contribution in [3.05, 3.63) is 48.0 Å². The average molecular weight is 453 g/mol. The molecule has 176 valence electrons. The molecule has 33 heavy (non-hydrogen) atoms. The number of hydrogen-bond acceptors (Lipinski definition) is 5. The number of piperidine rings is 1. The van der Waals surface area contributed by atoms with E-state index in [1.165, 1.54) is 7.11 Å². The Bertz CT molecular complexity index is 1090. The van der Waals surface area contributed by atoms with Crippen LogP contribution in [0.1, 0.15) is 52.0 Å². The molecule has 2 fully saturated rings. The SMILES string of the molecule is COC(=O)[C@]12CCCN1C(=O)[C@](Cc1ccc3ccccc3c1)(NC(=O)OC(C)(C)C)CC2. The molecule has 0 spiro atoms. The highest BCUT2D eigenvalue weighted by Crippen LogP contribution is 2.43. The summed E-state index contributed by atoms with van der Waals surface area (Å²) in [5.74, 6) is -0.638. The van der Waals surface area contributed by atoms with E-state index in [1.807, 2.05) is 42.5 Å². The van der Waals surface area contributed by atoms with E-state index in [2.05, 4.69) is 5.32 Å². The largest absolute Gasteiger partial charge is 0.467 e. The predicted molar refractivity (Wildman–Crippen MR) is 125 cm³/mol. The first-order valence-corrected chi connectivity index (χ1v) is 11.5. The number of nitrogens with zero attached hydrogens (tertiary/aromatic N) is 1. The Hall–Kier alpha value is -3.09. The van der Waals surface area contributed by atoms with Gasteiger partial charge in [-0.3, -0.25) is 4.79 Å². The minimum absolute atomic E-state index is 0.254. The summed E-state index contributed by atoms with van der Waals surface area (Å²) in [6, 6.07) is 14.1. The quantitative estimate of drug-likeness (QED) is 0.710. The number of amides is 2. The summed E-state index contributed by atoms with van der Waals surface area (Å²) in [5.41, 5.74) is -1.92. The van der Waals surface area contributed by atoms with Crippen LogP contribution in [0.15, 0.2) is 42.5 Å². The molecule has 2 heterocycles. The number of ether oxygens (including phenoxy) is 2. The van der Waals surface area contributed by atoms with Crippen molar-refractivity contribution in [2.75, 3.05) is 13.7 Å². The predicted octanol–water partition coefficient (Wildman–Crippen LogP) is 3.97. The van der Waals surface area contributed by atoms with Crippen LogP contribution in [0.4, 0.5) is 4.79 Å². The standard InChI is InChI=1S/C26H32N2O5/c1-24(2,3)33-23(31)27-25(17-18-10-11-19-8-5-6-9-20(19)16-18)13-14-26(22(30)32-4)12-7-15-28(26)21(25)29/h5-6,8-11,16H,7,12-15,17H2,1-4H3,(H,27,31)/t25-,26+/m0/s1. The van der Waals surface area contributed by atoms with Gasteiger partial charge in [0, 0.05) is 13.0 Å². The second-order valence-electron chi connectivity index (χ2n) is 10.2. The number of benzene rings is 2. The number of hydrogen-bond donors (Lipinski definition) is 1. The lowest BCUT2D eigenvalue weighted by Crippen LogP contribution is -2.70. The fraction of sp³-hybridized carbons (Fsp3) is 0.500. The van der Waals surface area contributed by atoms with Crippen LogP contribution in [0, 0.1) is 0 Å². The van der Waals surface area contributed by atoms with Gasteiger partial charge < -0.3 is 19.7 Å². The molecule has 4 rings (SSSR count). The third-order valence-electron chi connectivity index (χ3n) is 6.73. The van der Waals surface area contributed by atoms with Gasteiger partial charge in [0.1, 0.15) is 16.7 Å². The molecule has 7 heteroatoms. The zero-order valence-electron chi connectivity index (χ0n) is 19.8. The molecule has 1 N–H and O–H groups in total. The van der Waals surface area contributed by atoms with Gasteiger partial charge in [0.25, 0.3) is 0 Å². The van der Waals surface area contributed by atoms with Crippen LogP contribution in [0.2, 0.25) is 0 Å². The minimum atomic E-state index is -1.20. The number of rotatable bonds is 4. The number of alkyl carbamates (subject to hydrolysis) is 1. The topological polar surface area (TPSA) is 84.9 Å². The lowest BCUT2D eigenvalue weighted by atomic mass is 9.74. The molecule has 7 nitrogen and oxygen atoms in total. The van der Waals surface area contributed by atoms with Gasteiger partial charge >= 0.3 is 12.1 Å². The van der Waals surface area contributed by atoms with Crippen molar-refractivity contribution in [2.45, 2.75) is 69.6 Å². The molecular weight excluding hydrogens is 420 g/mol. The maximum Gasteiger partial charge on any atom is 0.408 e. The normalized spacial score (nSPS) is 25.0. The zero-order valence-corrected chi connectivity index (χ0v) is 19.8. The summed E-state index contributed by atoms with van der Waals surface area (Å²) in [6.45, 7) is 5.82. The first-order chi connectivity index (χ1) is 15.6. The fourth-order valence-electron chi connectivity index (χ4n) is 5.24. The molecule has 2 atom stereocenters. The van der Waals surface area contributed by atoms with Gasteiger partial charge in [0.05, 0.1) is 7.11 Å². The highest BCUT2D eigenvalue weighted by atomic mass is 16.6. The van der Waals surface area contributed by atoms with E-state index in [0.717, 1.165) is 22.8 Å². The molecule has 0 unspecified atom stereocenters. The van der Waals surface area contributed by atoms with Crippen LogP contribution in [-0.4, -0.2) is 53.2 Å². The summed E-state index contributed by atoms with van der Waals surface area (Å²) in [4.78, 5) is 41.2. The summed E-state index contributed by atoms with van der Waals surface area (Å²) in [7, 11) is 1.36. The van der Waals surface area contributed by atoms with E-state index in [4.69, 9.17) is 9.47 Å². The molecular formula is C26H32N2O5. The third kappa shape index (κ3) is 4.28. The van der Waals surface area contributed by atoms with Crippen molar-refractivity contribution in [1.82, 2.24) is 10.2 Å². The second-order valence-corrected chi connectivity index (χ2v) is 10.2. The van der Waals surface area contributed by atoms with Gasteiger partial charge in [-0.05, 0) is 62.8 Å². The second kappa shape index (κ2) is 8.36. The molecule has 0 bridgehead atoms. The number of carbonyl (C=O) groups is 3. The number of esters is 1. The maximum absolute atomic E-state index is 14.0. The van der Waals surface area contributed by atoms with Crippen molar-refractivity contribution in [2.24, 2.45) is 0 Å². The number of methoxy groups -OCH3 is 1. The molecule has 0 aromatic heterocycles. The average Bonchev–Trinajstić information content (AvgIpc) is 3.20. The van der Waals surface area contributed by atoms with Gasteiger partial charge in [-0.2, -0.15) is 0 Å². The number of nitrogens with one attached hydrogen (secondary N) is 1. The molecule has 0 radical (unpaired) electrons. The molecule has 2 saturated heterocycles. The molecule has 2 aromatic rings. The lowest BCUT2D eigenvalue weighted by molar-refractivity contribution is -0.167. The minimum Gasteiger partial charge on any atom is -0.467 e. The van der Waals surface area contributed by atoms with E-state index >= 15 is 0 Å². The Morgan fingerprint density at radius 1 is 1.06 bits per heavy atom. The van der Waals surface area contributed by atoms with Crippen LogP contribution in [0.25, 0.3) is 10.8 Å². The highest BCUT2D eigenvalue weighted by Gasteiger charge is 2.60. The first-order valence-electron chi connectivity index (χ1n) is 11.5. The molecule has 2 aromatic carbocycles. The van der Waals surface area contributed by atoms with Crippen LogP contribution in [0.5, 0.6) is 0 Å². The molecule has 0 aliphatic carbocycles. The van der Waals surface area contributed by atoms with Crippen molar-refractivity contribution >= 4 is 28.7 Å². The van der Waals surface area contributed by atoms with E-state index in [1.54, 1.807) is 25.7 Å². The van der Waals surface area contributed by atoms with E-state index in [9.17, 15) is 14.4 Å². The number of carbonyl (C=O) groups excluding carboxylic acids is 3. The van der Waals surface area contributed by atoms with Gasteiger partial charge in [0.15, 0.2) is 0 Å². The van der Waals surface area contributed by atoms with Gasteiger partial charge in [-0.1, -0.05) is 42.5 Å². The Kier molecular flexibility index (Phi) is 5.85. The molecule has 2 amide bonds. The van der Waals surface area contributed by atoms with E-state index < -0.39 is 22.8 Å². The molecule has 2 aliphatic rings. The zero-order chi connectivity index (χ0) is 23.9. The number of fused-ring (bicyclic) bond motifs is 2. The van der Waals surface area contributed by atoms with Crippen molar-refractivity contribution in [3.8, 4) is 0 Å². The van der Waals surface area contributed by atoms with Gasteiger partial charge in [0.2, 0.25) is 5.91 Å². The highest BCUT2D eigenvalue weighted by molar-refractivity contribution is 5.97. The third-order valence-corrected chi connectivity index (χ3v) is 6.73. The summed E-state index contributed by atoms with van der Waals surface area (Å²) in [6.07, 6.45) is 1.71. The summed E-state index contributed by atoms with van der Waals surface area (Å²) >= 11 is 0. The van der Waals surface area contributed by atoms with Crippen LogP contribution in [0.3, 0.4) is 0 Å². The molecule has 0 saturated carbocycles. The van der Waals surface area contributed by atoms with E-state index in [0.29, 0.717) is 32.2 Å². The van der Waals surface area contributed by atoms with E-state index in [-0.39, 0.29) is 11.9 Å². The Morgan fingerprint density at radius 2 is 1.79 bits per heavy atom. The van der Waals surface area contributed by atoms with Gasteiger partial charge in [-0.15, -0.1) is 0 Å². The first kappa shape index (κ1) is 23.1. The Balaban J connectivity index is 1.71. The summed E-state index contributed by atoms with van der Waals surface area (Å²) in [5, 5.41) is 5.09. The van der Waals surface area contributed by atoms with Gasteiger partial charge in [-0.25, -0.2) is 9.59 Å². The Morgan fingerprint density at radius 3 is 2.48 bits per heavy atom. The Labute approximate surface area is 194 Å².